The van der Waals surface area contributed by atoms with Crippen molar-refractivity contribution in [1.29, 1.82) is 0 Å². The van der Waals surface area contributed by atoms with Crippen LogP contribution in [0.5, 0.6) is 5.75 Å². The van der Waals surface area contributed by atoms with E-state index in [4.69, 9.17) is 9.47 Å². The van der Waals surface area contributed by atoms with Gasteiger partial charge in [0.25, 0.3) is 11.6 Å². The Labute approximate surface area is 163 Å². The van der Waals surface area contributed by atoms with Crippen LogP contribution >= 0.6 is 0 Å². The second-order valence-corrected chi connectivity index (χ2v) is 6.98. The minimum Gasteiger partial charge on any atom is -0.495 e. The van der Waals surface area contributed by atoms with Gasteiger partial charge in [-0.3, -0.25) is 19.1 Å². The van der Waals surface area contributed by atoms with E-state index in [9.17, 15) is 23.9 Å². The topological polar surface area (TPSA) is 125 Å². The summed E-state index contributed by atoms with van der Waals surface area (Å²) in [5, 5.41) is 13.4. The zero-order valence-corrected chi connectivity index (χ0v) is 16.1. The van der Waals surface area contributed by atoms with Crippen molar-refractivity contribution in [3.63, 3.8) is 0 Å². The van der Waals surface area contributed by atoms with Gasteiger partial charge >= 0.3 is 5.97 Å². The lowest BCUT2D eigenvalue weighted by Crippen LogP contribution is -2.30. The summed E-state index contributed by atoms with van der Waals surface area (Å²) in [7, 11) is -0.0621. The van der Waals surface area contributed by atoms with Gasteiger partial charge in [0, 0.05) is 18.4 Å². The van der Waals surface area contributed by atoms with Crippen molar-refractivity contribution in [3.05, 3.63) is 58.1 Å². The highest BCUT2D eigenvalue weighted by Crippen LogP contribution is 2.29. The fourth-order valence-electron chi connectivity index (χ4n) is 2.31. The maximum absolute atomic E-state index is 12.4. The molecule has 148 valence electrons. The van der Waals surface area contributed by atoms with Gasteiger partial charge in [-0.15, -0.1) is 0 Å². The highest BCUT2D eigenvalue weighted by Gasteiger charge is 2.23. The van der Waals surface area contributed by atoms with Gasteiger partial charge in [0.15, 0.2) is 6.10 Å². The van der Waals surface area contributed by atoms with Crippen molar-refractivity contribution in [2.24, 2.45) is 0 Å². The monoisotopic (exact) mass is 406 g/mol. The van der Waals surface area contributed by atoms with Crippen LogP contribution in [0.15, 0.2) is 47.4 Å². The zero-order valence-electron chi connectivity index (χ0n) is 15.3. The first-order chi connectivity index (χ1) is 13.2. The summed E-state index contributed by atoms with van der Waals surface area (Å²) < 4.78 is 22.0. The molecule has 0 aliphatic carbocycles. The average molecular weight is 406 g/mol. The van der Waals surface area contributed by atoms with Crippen molar-refractivity contribution in [1.82, 2.24) is 0 Å². The van der Waals surface area contributed by atoms with Gasteiger partial charge in [0.05, 0.1) is 39.0 Å². The van der Waals surface area contributed by atoms with Crippen molar-refractivity contribution in [2.75, 3.05) is 18.7 Å². The number of nitro groups is 1. The number of amides is 1. The van der Waals surface area contributed by atoms with E-state index in [2.05, 4.69) is 5.32 Å². The SMILES string of the molecule is COc1ccc([N+](=O)[O-])cc1NC(=O)[C@@H](C)OC(=O)c1ccccc1[S@](C)=O. The molecule has 9 nitrogen and oxygen atoms in total. The van der Waals surface area contributed by atoms with E-state index >= 15 is 0 Å². The highest BCUT2D eigenvalue weighted by molar-refractivity contribution is 7.84. The van der Waals surface area contributed by atoms with Crippen molar-refractivity contribution in [3.8, 4) is 5.75 Å². The number of rotatable bonds is 7. The number of anilines is 1. The molecule has 2 rings (SSSR count). The predicted octanol–water partition coefficient (Wildman–Crippen LogP) is 2.52. The first-order valence-electron chi connectivity index (χ1n) is 8.01. The fourth-order valence-corrected chi connectivity index (χ4v) is 3.04. The summed E-state index contributed by atoms with van der Waals surface area (Å²) in [5.74, 6) is -1.30. The Morgan fingerprint density at radius 3 is 2.50 bits per heavy atom. The Bertz CT molecular complexity index is 945. The molecule has 0 fully saturated rings. The molecule has 10 heteroatoms. The maximum atomic E-state index is 12.4. The van der Waals surface area contributed by atoms with E-state index in [1.54, 1.807) is 12.1 Å². The molecule has 0 saturated carbocycles. The molecule has 0 bridgehead atoms. The summed E-state index contributed by atoms with van der Waals surface area (Å²) in [4.78, 5) is 35.3. The molecule has 2 atom stereocenters. The predicted molar refractivity (Wildman–Crippen MR) is 102 cm³/mol. The minimum absolute atomic E-state index is 0.0691. The third-order valence-corrected chi connectivity index (χ3v) is 4.70. The number of nitrogens with one attached hydrogen (secondary N) is 1. The van der Waals surface area contributed by atoms with E-state index in [0.29, 0.717) is 4.90 Å². The van der Waals surface area contributed by atoms with Gasteiger partial charge in [-0.25, -0.2) is 4.79 Å². The van der Waals surface area contributed by atoms with Crippen LogP contribution in [0.2, 0.25) is 0 Å². The van der Waals surface area contributed by atoms with Gasteiger partial charge in [-0.1, -0.05) is 12.1 Å². The van der Waals surface area contributed by atoms with Crippen LogP contribution in [-0.4, -0.2) is 40.5 Å². The summed E-state index contributed by atoms with van der Waals surface area (Å²) >= 11 is 0. The molecule has 1 N–H and O–H groups in total. The fraction of sp³-hybridized carbons (Fsp3) is 0.222. The molecule has 0 saturated heterocycles. The van der Waals surface area contributed by atoms with Crippen LogP contribution in [0.4, 0.5) is 11.4 Å². The largest absolute Gasteiger partial charge is 0.495 e. The van der Waals surface area contributed by atoms with Crippen LogP contribution in [-0.2, 0) is 20.3 Å². The molecular weight excluding hydrogens is 388 g/mol. The summed E-state index contributed by atoms with van der Waals surface area (Å²) in [6, 6.07) is 9.93. The number of nitro benzene ring substituents is 1. The van der Waals surface area contributed by atoms with E-state index in [-0.39, 0.29) is 22.7 Å². The number of carbonyl (C=O) groups is 2. The zero-order chi connectivity index (χ0) is 20.8. The summed E-state index contributed by atoms with van der Waals surface area (Å²) in [6.07, 6.45) is 0.214. The lowest BCUT2D eigenvalue weighted by atomic mass is 10.2. The minimum atomic E-state index is -1.41. The van der Waals surface area contributed by atoms with Gasteiger partial charge in [0.2, 0.25) is 0 Å². The van der Waals surface area contributed by atoms with Crippen molar-refractivity contribution < 1.29 is 28.2 Å². The third kappa shape index (κ3) is 4.92. The van der Waals surface area contributed by atoms with Crippen molar-refractivity contribution in [2.45, 2.75) is 17.9 Å². The van der Waals surface area contributed by atoms with Crippen LogP contribution in [0.3, 0.4) is 0 Å². The standard InChI is InChI=1S/C18H18N2O7S/c1-11(27-18(22)13-6-4-5-7-16(13)28(3)25)17(21)19-14-10-12(20(23)24)8-9-15(14)26-2/h4-11H,1-3H3,(H,19,21)/t11-,28+/m1/s1. The molecule has 0 heterocycles. The molecule has 2 aromatic rings. The number of ether oxygens (including phenoxy) is 2. The number of hydrogen-bond acceptors (Lipinski definition) is 7. The van der Waals surface area contributed by atoms with E-state index in [0.717, 1.165) is 6.07 Å². The number of esters is 1. The Hall–Kier alpha value is -3.27. The molecule has 0 aliphatic rings. The lowest BCUT2D eigenvalue weighted by Gasteiger charge is -2.16. The smallest absolute Gasteiger partial charge is 0.340 e. The highest BCUT2D eigenvalue weighted by atomic mass is 32.2. The van der Waals surface area contributed by atoms with Crippen molar-refractivity contribution >= 4 is 34.1 Å². The van der Waals surface area contributed by atoms with E-state index < -0.39 is 33.7 Å². The Morgan fingerprint density at radius 1 is 1.21 bits per heavy atom. The van der Waals surface area contributed by atoms with Gasteiger partial charge < -0.3 is 14.8 Å². The number of carbonyl (C=O) groups excluding carboxylic acids is 2. The van der Waals surface area contributed by atoms with E-state index in [1.165, 1.54) is 44.6 Å². The van der Waals surface area contributed by atoms with Crippen LogP contribution < -0.4 is 10.1 Å². The van der Waals surface area contributed by atoms with Crippen LogP contribution in [0.25, 0.3) is 0 Å². The molecule has 0 spiro atoms. The number of hydrogen-bond donors (Lipinski definition) is 1. The number of nitrogens with zero attached hydrogens (tertiary/aromatic N) is 1. The molecule has 0 unspecified atom stereocenters. The van der Waals surface area contributed by atoms with Crippen LogP contribution in [0.1, 0.15) is 17.3 Å². The Kier molecular flexibility index (Phi) is 6.83. The number of benzene rings is 2. The molecular formula is C18H18N2O7S. The van der Waals surface area contributed by atoms with Gasteiger partial charge in [0.1, 0.15) is 5.75 Å². The van der Waals surface area contributed by atoms with Gasteiger partial charge in [-0.2, -0.15) is 0 Å². The Morgan fingerprint density at radius 2 is 1.89 bits per heavy atom. The molecule has 2 aromatic carbocycles. The first-order valence-corrected chi connectivity index (χ1v) is 9.57. The second kappa shape index (κ2) is 9.09. The number of non-ortho nitro benzene ring substituents is 1. The lowest BCUT2D eigenvalue weighted by molar-refractivity contribution is -0.384. The molecule has 0 aliphatic heterocycles. The van der Waals surface area contributed by atoms with Gasteiger partial charge in [-0.05, 0) is 25.1 Å². The maximum Gasteiger partial charge on any atom is 0.340 e. The molecule has 0 aromatic heterocycles. The van der Waals surface area contributed by atoms with E-state index in [1.807, 2.05) is 0 Å². The molecule has 28 heavy (non-hydrogen) atoms. The quantitative estimate of drug-likeness (QED) is 0.425. The Balaban J connectivity index is 2.16. The summed E-state index contributed by atoms with van der Waals surface area (Å²) in [5.41, 5.74) is -0.0734. The van der Waals surface area contributed by atoms with Crippen LogP contribution in [0, 0.1) is 10.1 Å². The molecule has 0 radical (unpaired) electrons. The third-order valence-electron chi connectivity index (χ3n) is 3.72. The second-order valence-electron chi connectivity index (χ2n) is 5.63. The first kappa shape index (κ1) is 21.0. The number of methoxy groups -OCH3 is 1. The summed E-state index contributed by atoms with van der Waals surface area (Å²) in [6.45, 7) is 1.35. The molecule has 1 amide bonds. The average Bonchev–Trinajstić information content (AvgIpc) is 2.67. The normalized spacial score (nSPS) is 12.5.